The molecule has 0 radical (unpaired) electrons. The van der Waals surface area contributed by atoms with E-state index in [0.29, 0.717) is 0 Å². The van der Waals surface area contributed by atoms with Crippen LogP contribution < -0.4 is 0 Å². The number of hydrogen-bond acceptors (Lipinski definition) is 0. The first kappa shape index (κ1) is 11.2. The molecule has 16 heavy (non-hydrogen) atoms. The molecule has 0 unspecified atom stereocenters. The van der Waals surface area contributed by atoms with Crippen molar-refractivity contribution in [2.75, 3.05) is 0 Å². The Balaban J connectivity index is 2.65. The molecule has 2 rings (SSSR count). The van der Waals surface area contributed by atoms with Gasteiger partial charge in [0.05, 0.1) is 0 Å². The van der Waals surface area contributed by atoms with E-state index >= 15 is 0 Å². The Morgan fingerprint density at radius 1 is 0.938 bits per heavy atom. The van der Waals surface area contributed by atoms with E-state index in [1.54, 1.807) is 0 Å². The van der Waals surface area contributed by atoms with E-state index in [4.69, 9.17) is 0 Å². The minimum absolute atomic E-state index is 1.09. The van der Waals surface area contributed by atoms with Gasteiger partial charge in [-0.3, -0.25) is 0 Å². The van der Waals surface area contributed by atoms with Gasteiger partial charge >= 0.3 is 0 Å². The predicted octanol–water partition coefficient (Wildman–Crippen LogP) is 5.15. The molecule has 0 saturated carbocycles. The van der Waals surface area contributed by atoms with Gasteiger partial charge in [-0.15, -0.1) is 0 Å². The number of benzene rings is 2. The summed E-state index contributed by atoms with van der Waals surface area (Å²) >= 11 is 3.59. The Hall–Kier alpha value is -1.34. The molecule has 0 atom stereocenters. The minimum atomic E-state index is 1.09. The Kier molecular flexibility index (Phi) is 3.25. The maximum atomic E-state index is 4.03. The van der Waals surface area contributed by atoms with Gasteiger partial charge in [0.1, 0.15) is 0 Å². The van der Waals surface area contributed by atoms with Crippen LogP contribution in [0.3, 0.4) is 0 Å². The molecule has 0 bridgehead atoms. The highest BCUT2D eigenvalue weighted by Gasteiger charge is 2.07. The van der Waals surface area contributed by atoms with Gasteiger partial charge < -0.3 is 0 Å². The first-order chi connectivity index (χ1) is 7.70. The molecule has 0 aliphatic rings. The zero-order valence-corrected chi connectivity index (χ0v) is 10.8. The lowest BCUT2D eigenvalue weighted by atomic mass is 9.96. The zero-order valence-electron chi connectivity index (χ0n) is 9.20. The van der Waals surface area contributed by atoms with Crippen LogP contribution in [0.15, 0.2) is 59.6 Å². The highest BCUT2D eigenvalue weighted by molar-refractivity contribution is 9.10. The fourth-order valence-electron chi connectivity index (χ4n) is 1.77. The van der Waals surface area contributed by atoms with Crippen molar-refractivity contribution < 1.29 is 0 Å². The lowest BCUT2D eigenvalue weighted by molar-refractivity contribution is 1.53. The summed E-state index contributed by atoms with van der Waals surface area (Å²) in [6.07, 6.45) is 0. The maximum absolute atomic E-state index is 4.03. The molecule has 1 heteroatoms. The van der Waals surface area contributed by atoms with Crippen molar-refractivity contribution in [1.29, 1.82) is 0 Å². The monoisotopic (exact) mass is 272 g/mol. The van der Waals surface area contributed by atoms with Crippen LogP contribution in [0.1, 0.15) is 12.5 Å². The van der Waals surface area contributed by atoms with Gasteiger partial charge in [-0.05, 0) is 29.7 Å². The molecule has 0 aromatic heterocycles. The van der Waals surface area contributed by atoms with Crippen molar-refractivity contribution in [1.82, 2.24) is 0 Å². The molecule has 0 amide bonds. The SMILES string of the molecule is C=C(C)c1ccccc1-c1ccccc1Br. The number of halogens is 1. The third-order valence-electron chi connectivity index (χ3n) is 2.55. The molecular weight excluding hydrogens is 260 g/mol. The number of hydrogen-bond donors (Lipinski definition) is 0. The molecule has 0 aliphatic carbocycles. The molecule has 0 nitrogen and oxygen atoms in total. The Morgan fingerprint density at radius 2 is 1.50 bits per heavy atom. The van der Waals surface area contributed by atoms with E-state index in [2.05, 4.69) is 58.9 Å². The van der Waals surface area contributed by atoms with Crippen LogP contribution in [0.5, 0.6) is 0 Å². The van der Waals surface area contributed by atoms with Crippen LogP contribution in [0.25, 0.3) is 16.7 Å². The van der Waals surface area contributed by atoms with Crippen LogP contribution in [0.2, 0.25) is 0 Å². The van der Waals surface area contributed by atoms with Crippen LogP contribution in [0.4, 0.5) is 0 Å². The van der Waals surface area contributed by atoms with Crippen molar-refractivity contribution in [3.05, 3.63) is 65.1 Å². The van der Waals surface area contributed by atoms with Crippen molar-refractivity contribution >= 4 is 21.5 Å². The lowest BCUT2D eigenvalue weighted by Crippen LogP contribution is -1.86. The topological polar surface area (TPSA) is 0 Å². The molecule has 0 fully saturated rings. The molecular formula is C15H13Br. The molecule has 0 heterocycles. The van der Waals surface area contributed by atoms with Crippen LogP contribution in [-0.4, -0.2) is 0 Å². The average molecular weight is 273 g/mol. The third-order valence-corrected chi connectivity index (χ3v) is 3.24. The summed E-state index contributed by atoms with van der Waals surface area (Å²) in [7, 11) is 0. The predicted molar refractivity (Wildman–Crippen MR) is 74.3 cm³/mol. The highest BCUT2D eigenvalue weighted by atomic mass is 79.9. The third kappa shape index (κ3) is 2.10. The van der Waals surface area contributed by atoms with Gasteiger partial charge in [0.2, 0.25) is 0 Å². The Morgan fingerprint density at radius 3 is 2.12 bits per heavy atom. The second kappa shape index (κ2) is 4.67. The fourth-order valence-corrected chi connectivity index (χ4v) is 2.27. The van der Waals surface area contributed by atoms with Crippen LogP contribution in [0, 0.1) is 0 Å². The Labute approximate surface area is 105 Å². The maximum Gasteiger partial charge on any atom is 0.0253 e. The average Bonchev–Trinajstić information content (AvgIpc) is 2.29. The molecule has 0 spiro atoms. The second-order valence-electron chi connectivity index (χ2n) is 3.81. The van der Waals surface area contributed by atoms with Crippen LogP contribution in [-0.2, 0) is 0 Å². The van der Waals surface area contributed by atoms with Crippen molar-refractivity contribution in [2.45, 2.75) is 6.92 Å². The fraction of sp³-hybridized carbons (Fsp3) is 0.0667. The molecule has 2 aromatic carbocycles. The van der Waals surface area contributed by atoms with Gasteiger partial charge in [0.15, 0.2) is 0 Å². The lowest BCUT2D eigenvalue weighted by Gasteiger charge is -2.10. The first-order valence-corrected chi connectivity index (χ1v) is 5.99. The van der Waals surface area contributed by atoms with Crippen molar-refractivity contribution in [3.63, 3.8) is 0 Å². The normalized spacial score (nSPS) is 10.1. The summed E-state index contributed by atoms with van der Waals surface area (Å²) in [5, 5.41) is 0. The highest BCUT2D eigenvalue weighted by Crippen LogP contribution is 2.32. The van der Waals surface area contributed by atoms with E-state index in [-0.39, 0.29) is 0 Å². The van der Waals surface area contributed by atoms with E-state index in [1.807, 2.05) is 19.1 Å². The largest absolute Gasteiger partial charge is 0.0955 e. The van der Waals surface area contributed by atoms with E-state index < -0.39 is 0 Å². The zero-order chi connectivity index (χ0) is 11.5. The summed E-state index contributed by atoms with van der Waals surface area (Å²) in [5.74, 6) is 0. The molecule has 0 aliphatic heterocycles. The van der Waals surface area contributed by atoms with E-state index in [9.17, 15) is 0 Å². The van der Waals surface area contributed by atoms with E-state index in [0.717, 1.165) is 10.0 Å². The van der Waals surface area contributed by atoms with E-state index in [1.165, 1.54) is 16.7 Å². The molecule has 2 aromatic rings. The van der Waals surface area contributed by atoms with Gasteiger partial charge in [0, 0.05) is 4.47 Å². The van der Waals surface area contributed by atoms with Gasteiger partial charge in [0.25, 0.3) is 0 Å². The summed E-state index contributed by atoms with van der Waals surface area (Å²) in [4.78, 5) is 0. The quantitative estimate of drug-likeness (QED) is 0.709. The molecule has 80 valence electrons. The molecule has 0 saturated heterocycles. The summed E-state index contributed by atoms with van der Waals surface area (Å²) in [6.45, 7) is 6.06. The summed E-state index contributed by atoms with van der Waals surface area (Å²) in [5.41, 5.74) is 4.73. The summed E-state index contributed by atoms with van der Waals surface area (Å²) < 4.78 is 1.11. The minimum Gasteiger partial charge on any atom is -0.0955 e. The van der Waals surface area contributed by atoms with Crippen molar-refractivity contribution in [3.8, 4) is 11.1 Å². The first-order valence-electron chi connectivity index (χ1n) is 5.20. The standard InChI is InChI=1S/C15H13Br/c1-11(2)12-7-3-4-8-13(12)14-9-5-6-10-15(14)16/h3-10H,1H2,2H3. The smallest absolute Gasteiger partial charge is 0.0253 e. The van der Waals surface area contributed by atoms with Gasteiger partial charge in [-0.1, -0.05) is 70.5 Å². The van der Waals surface area contributed by atoms with Gasteiger partial charge in [-0.25, -0.2) is 0 Å². The number of allylic oxidation sites excluding steroid dienone is 1. The van der Waals surface area contributed by atoms with Crippen molar-refractivity contribution in [2.24, 2.45) is 0 Å². The number of rotatable bonds is 2. The van der Waals surface area contributed by atoms with Gasteiger partial charge in [-0.2, -0.15) is 0 Å². The van der Waals surface area contributed by atoms with Crippen LogP contribution >= 0.6 is 15.9 Å². The summed E-state index contributed by atoms with van der Waals surface area (Å²) in [6, 6.07) is 16.6. The second-order valence-corrected chi connectivity index (χ2v) is 4.66. The molecule has 0 N–H and O–H groups in total. The Bertz CT molecular complexity index is 526.